The molecule has 15 heavy (non-hydrogen) atoms. The molecule has 0 spiro atoms. The highest BCUT2D eigenvalue weighted by molar-refractivity contribution is 9.10. The van der Waals surface area contributed by atoms with Gasteiger partial charge in [-0.15, -0.1) is 0 Å². The van der Waals surface area contributed by atoms with Gasteiger partial charge in [-0.1, -0.05) is 0 Å². The summed E-state index contributed by atoms with van der Waals surface area (Å²) >= 11 is 3.09. The standard InChI is InChI=1S/C11H9BrFNO/c1-5-3-7(12)10(13)9-8(15)4-6(2)14-11(5)9/h3-4H,1-2H3,(H,14,15). The first-order valence-electron chi connectivity index (χ1n) is 4.49. The average Bonchev–Trinajstić information content (AvgIpc) is 2.13. The summed E-state index contributed by atoms with van der Waals surface area (Å²) in [4.78, 5) is 14.6. The van der Waals surface area contributed by atoms with Gasteiger partial charge in [0.05, 0.1) is 15.4 Å². The predicted molar refractivity (Wildman–Crippen MR) is 61.7 cm³/mol. The lowest BCUT2D eigenvalue weighted by molar-refractivity contribution is 0.632. The number of pyridine rings is 1. The summed E-state index contributed by atoms with van der Waals surface area (Å²) in [5.74, 6) is -0.503. The number of aromatic amines is 1. The van der Waals surface area contributed by atoms with Crippen molar-refractivity contribution in [1.29, 1.82) is 0 Å². The van der Waals surface area contributed by atoms with E-state index in [2.05, 4.69) is 20.9 Å². The summed E-state index contributed by atoms with van der Waals surface area (Å²) in [6.45, 7) is 3.61. The van der Waals surface area contributed by atoms with Crippen LogP contribution in [0.25, 0.3) is 10.9 Å². The summed E-state index contributed by atoms with van der Waals surface area (Å²) in [6.07, 6.45) is 0. The largest absolute Gasteiger partial charge is 0.358 e. The molecule has 1 aromatic heterocycles. The van der Waals surface area contributed by atoms with E-state index >= 15 is 0 Å². The number of hydrogen-bond acceptors (Lipinski definition) is 1. The van der Waals surface area contributed by atoms with Gasteiger partial charge >= 0.3 is 0 Å². The molecule has 2 nitrogen and oxygen atoms in total. The van der Waals surface area contributed by atoms with E-state index in [-0.39, 0.29) is 10.8 Å². The van der Waals surface area contributed by atoms with Gasteiger partial charge in [0.15, 0.2) is 11.2 Å². The quantitative estimate of drug-likeness (QED) is 0.784. The van der Waals surface area contributed by atoms with Crippen LogP contribution in [-0.4, -0.2) is 4.98 Å². The first-order valence-corrected chi connectivity index (χ1v) is 5.28. The smallest absolute Gasteiger partial charge is 0.192 e. The Morgan fingerprint density at radius 1 is 1.33 bits per heavy atom. The van der Waals surface area contributed by atoms with Gasteiger partial charge in [-0.05, 0) is 41.4 Å². The molecule has 1 N–H and O–H groups in total. The topological polar surface area (TPSA) is 32.9 Å². The van der Waals surface area contributed by atoms with Crippen LogP contribution < -0.4 is 5.43 Å². The predicted octanol–water partition coefficient (Wildman–Crippen LogP) is 3.05. The van der Waals surface area contributed by atoms with E-state index in [0.717, 1.165) is 11.3 Å². The fourth-order valence-corrected chi connectivity index (χ4v) is 2.19. The Hall–Kier alpha value is -1.16. The van der Waals surface area contributed by atoms with Crippen molar-refractivity contribution in [2.24, 2.45) is 0 Å². The maximum absolute atomic E-state index is 13.7. The first kappa shape index (κ1) is 10.4. The Kier molecular flexibility index (Phi) is 2.38. The summed E-state index contributed by atoms with van der Waals surface area (Å²) in [5, 5.41) is 0.118. The minimum absolute atomic E-state index is 0.118. The molecule has 0 aliphatic carbocycles. The molecule has 0 aliphatic heterocycles. The molecule has 0 bridgehead atoms. The van der Waals surface area contributed by atoms with Crippen LogP contribution in [0.3, 0.4) is 0 Å². The highest BCUT2D eigenvalue weighted by Crippen LogP contribution is 2.24. The highest BCUT2D eigenvalue weighted by Gasteiger charge is 2.11. The van der Waals surface area contributed by atoms with Crippen LogP contribution >= 0.6 is 15.9 Å². The third kappa shape index (κ3) is 1.59. The third-order valence-electron chi connectivity index (χ3n) is 2.33. The van der Waals surface area contributed by atoms with Crippen molar-refractivity contribution in [3.8, 4) is 0 Å². The van der Waals surface area contributed by atoms with Gasteiger partial charge in [0.2, 0.25) is 0 Å². The Morgan fingerprint density at radius 3 is 2.67 bits per heavy atom. The van der Waals surface area contributed by atoms with Gasteiger partial charge < -0.3 is 4.98 Å². The maximum Gasteiger partial charge on any atom is 0.192 e. The van der Waals surface area contributed by atoms with Gasteiger partial charge in [0.1, 0.15) is 0 Å². The number of aryl methyl sites for hydroxylation is 2. The molecule has 0 radical (unpaired) electrons. The lowest BCUT2D eigenvalue weighted by Crippen LogP contribution is -2.06. The van der Waals surface area contributed by atoms with Crippen LogP contribution in [0.2, 0.25) is 0 Å². The third-order valence-corrected chi connectivity index (χ3v) is 2.91. The Morgan fingerprint density at radius 2 is 2.00 bits per heavy atom. The minimum Gasteiger partial charge on any atom is -0.358 e. The lowest BCUT2D eigenvalue weighted by atomic mass is 10.1. The molecule has 1 heterocycles. The van der Waals surface area contributed by atoms with Crippen LogP contribution in [0, 0.1) is 19.7 Å². The summed E-state index contributed by atoms with van der Waals surface area (Å²) in [6, 6.07) is 3.06. The zero-order chi connectivity index (χ0) is 11.2. The van der Waals surface area contributed by atoms with Crippen molar-refractivity contribution in [2.75, 3.05) is 0 Å². The minimum atomic E-state index is -0.503. The average molecular weight is 270 g/mol. The summed E-state index contributed by atoms with van der Waals surface area (Å²) < 4.78 is 14.0. The molecule has 78 valence electrons. The normalized spacial score (nSPS) is 10.9. The number of fused-ring (bicyclic) bond motifs is 1. The highest BCUT2D eigenvalue weighted by atomic mass is 79.9. The second kappa shape index (κ2) is 3.45. The Balaban J connectivity index is 3.10. The van der Waals surface area contributed by atoms with Crippen LogP contribution in [0.15, 0.2) is 21.4 Å². The van der Waals surface area contributed by atoms with Crippen molar-refractivity contribution < 1.29 is 4.39 Å². The first-order chi connectivity index (χ1) is 7.00. The molecule has 0 unspecified atom stereocenters. The van der Waals surface area contributed by atoms with E-state index in [1.54, 1.807) is 13.0 Å². The SMILES string of the molecule is Cc1cc(=O)c2c(F)c(Br)cc(C)c2[nH]1. The molecule has 1 aromatic carbocycles. The number of rotatable bonds is 0. The second-order valence-electron chi connectivity index (χ2n) is 3.56. The molecule has 4 heteroatoms. The lowest BCUT2D eigenvalue weighted by Gasteiger charge is -2.06. The number of halogens is 2. The monoisotopic (exact) mass is 269 g/mol. The van der Waals surface area contributed by atoms with Gasteiger partial charge in [-0.25, -0.2) is 4.39 Å². The summed E-state index contributed by atoms with van der Waals surface area (Å²) in [7, 11) is 0. The van der Waals surface area contributed by atoms with Gasteiger partial charge in [0.25, 0.3) is 0 Å². The van der Waals surface area contributed by atoms with Gasteiger partial charge in [0, 0.05) is 11.8 Å². The van der Waals surface area contributed by atoms with E-state index in [1.165, 1.54) is 6.07 Å². The molecule has 0 fully saturated rings. The number of H-pyrrole nitrogens is 1. The van der Waals surface area contributed by atoms with Crippen LogP contribution in [0.1, 0.15) is 11.3 Å². The van der Waals surface area contributed by atoms with E-state index in [0.29, 0.717) is 9.99 Å². The summed E-state index contributed by atoms with van der Waals surface area (Å²) in [5.41, 5.74) is 1.86. The van der Waals surface area contributed by atoms with E-state index in [1.807, 2.05) is 6.92 Å². The molecule has 0 saturated carbocycles. The molecule has 2 aromatic rings. The van der Waals surface area contributed by atoms with Crippen LogP contribution in [0.5, 0.6) is 0 Å². The second-order valence-corrected chi connectivity index (χ2v) is 4.41. The fraction of sp³-hybridized carbons (Fsp3) is 0.182. The number of nitrogens with one attached hydrogen (secondary N) is 1. The van der Waals surface area contributed by atoms with Crippen LogP contribution in [-0.2, 0) is 0 Å². The van der Waals surface area contributed by atoms with Crippen LogP contribution in [0.4, 0.5) is 4.39 Å². The fourth-order valence-electron chi connectivity index (χ4n) is 1.65. The van der Waals surface area contributed by atoms with Crippen molar-refractivity contribution in [1.82, 2.24) is 4.98 Å². The zero-order valence-electron chi connectivity index (χ0n) is 8.32. The van der Waals surface area contributed by atoms with Crippen molar-refractivity contribution >= 4 is 26.8 Å². The van der Waals surface area contributed by atoms with E-state index in [4.69, 9.17) is 0 Å². The molecule has 2 rings (SSSR count). The Labute approximate surface area is 94.3 Å². The Bertz CT molecular complexity index is 604. The molecule has 0 saturated heterocycles. The molecule has 0 amide bonds. The maximum atomic E-state index is 13.7. The zero-order valence-corrected chi connectivity index (χ0v) is 9.90. The van der Waals surface area contributed by atoms with E-state index in [9.17, 15) is 9.18 Å². The van der Waals surface area contributed by atoms with Crippen molar-refractivity contribution in [2.45, 2.75) is 13.8 Å². The number of hydrogen-bond donors (Lipinski definition) is 1. The van der Waals surface area contributed by atoms with Gasteiger partial charge in [-0.2, -0.15) is 0 Å². The molecular formula is C11H9BrFNO. The van der Waals surface area contributed by atoms with E-state index < -0.39 is 5.82 Å². The number of aromatic nitrogens is 1. The molecule has 0 atom stereocenters. The van der Waals surface area contributed by atoms with Crippen molar-refractivity contribution in [3.63, 3.8) is 0 Å². The number of benzene rings is 1. The molecule has 0 aliphatic rings. The van der Waals surface area contributed by atoms with Crippen molar-refractivity contribution in [3.05, 3.63) is 43.9 Å². The molecular weight excluding hydrogens is 261 g/mol. The van der Waals surface area contributed by atoms with Gasteiger partial charge in [-0.3, -0.25) is 4.79 Å².